The van der Waals surface area contributed by atoms with Crippen molar-refractivity contribution in [1.29, 1.82) is 0 Å². The topological polar surface area (TPSA) is 53.5 Å². The van der Waals surface area contributed by atoms with E-state index in [0.29, 0.717) is 13.1 Å². The molecular weight excluding hydrogens is 335 g/mol. The van der Waals surface area contributed by atoms with Gasteiger partial charge in [0.25, 0.3) is 5.91 Å². The highest BCUT2D eigenvalue weighted by Crippen LogP contribution is 2.30. The lowest BCUT2D eigenvalue weighted by Gasteiger charge is -2.26. The Bertz CT molecular complexity index is 611. The van der Waals surface area contributed by atoms with Crippen LogP contribution in [0.25, 0.3) is 0 Å². The minimum Gasteiger partial charge on any atom is -0.341 e. The number of alkyl halides is 3. The number of carbonyl (C=O) groups is 2. The van der Waals surface area contributed by atoms with E-state index >= 15 is 0 Å². The van der Waals surface area contributed by atoms with E-state index in [4.69, 9.17) is 0 Å². The van der Waals surface area contributed by atoms with Crippen molar-refractivity contribution < 1.29 is 22.8 Å². The number of carbonyl (C=O) groups excluding carboxylic acids is 2. The van der Waals surface area contributed by atoms with E-state index < -0.39 is 23.3 Å². The minimum atomic E-state index is -4.72. The molecule has 1 aromatic rings. The maximum absolute atomic E-state index is 13.1. The standard InChI is InChI=1S/C17H22F3N3O2/c1-2-22(12-14(24)23-10-5-3-4-6-11-23)16(25)13-8-7-9-21-15(13)17(18,19)20/h7-9H,2-6,10-12H2,1H3. The van der Waals surface area contributed by atoms with Crippen LogP contribution in [0.3, 0.4) is 0 Å². The largest absolute Gasteiger partial charge is 0.434 e. The Balaban J connectivity index is 2.15. The van der Waals surface area contributed by atoms with Crippen LogP contribution < -0.4 is 0 Å². The zero-order chi connectivity index (χ0) is 18.4. The number of rotatable bonds is 4. The fourth-order valence-electron chi connectivity index (χ4n) is 2.88. The maximum Gasteiger partial charge on any atom is 0.434 e. The van der Waals surface area contributed by atoms with Crippen molar-refractivity contribution in [3.05, 3.63) is 29.6 Å². The summed E-state index contributed by atoms with van der Waals surface area (Å²) in [6.45, 7) is 2.82. The van der Waals surface area contributed by atoms with Crippen LogP contribution in [0.4, 0.5) is 13.2 Å². The summed E-state index contributed by atoms with van der Waals surface area (Å²) >= 11 is 0. The average Bonchev–Trinajstić information content (AvgIpc) is 2.87. The van der Waals surface area contributed by atoms with Crippen molar-refractivity contribution in [2.24, 2.45) is 0 Å². The van der Waals surface area contributed by atoms with Crippen LogP contribution in [0.2, 0.25) is 0 Å². The third-order valence-corrected chi connectivity index (χ3v) is 4.26. The molecule has 0 atom stereocenters. The molecular formula is C17H22F3N3O2. The summed E-state index contributed by atoms with van der Waals surface area (Å²) in [4.78, 5) is 31.1. The summed E-state index contributed by atoms with van der Waals surface area (Å²) in [7, 11) is 0. The molecule has 1 aliphatic rings. The molecule has 0 saturated carbocycles. The minimum absolute atomic E-state index is 0.143. The molecule has 138 valence electrons. The first-order valence-electron chi connectivity index (χ1n) is 8.44. The van der Waals surface area contributed by atoms with Crippen molar-refractivity contribution in [3.63, 3.8) is 0 Å². The highest BCUT2D eigenvalue weighted by molar-refractivity contribution is 5.97. The lowest BCUT2D eigenvalue weighted by atomic mass is 10.1. The van der Waals surface area contributed by atoms with Gasteiger partial charge in [-0.25, -0.2) is 0 Å². The smallest absolute Gasteiger partial charge is 0.341 e. The summed E-state index contributed by atoms with van der Waals surface area (Å²) in [5, 5.41) is 0. The Labute approximate surface area is 144 Å². The van der Waals surface area contributed by atoms with Gasteiger partial charge in [-0.3, -0.25) is 14.6 Å². The predicted molar refractivity (Wildman–Crippen MR) is 85.9 cm³/mol. The third kappa shape index (κ3) is 4.93. The Hall–Kier alpha value is -2.12. The van der Waals surface area contributed by atoms with Gasteiger partial charge in [-0.1, -0.05) is 12.8 Å². The molecule has 2 heterocycles. The Morgan fingerprint density at radius 2 is 1.84 bits per heavy atom. The first-order valence-corrected chi connectivity index (χ1v) is 8.44. The zero-order valence-corrected chi connectivity index (χ0v) is 14.2. The summed E-state index contributed by atoms with van der Waals surface area (Å²) in [5.41, 5.74) is -1.75. The van der Waals surface area contributed by atoms with Gasteiger partial charge in [-0.05, 0) is 31.9 Å². The fraction of sp³-hybridized carbons (Fsp3) is 0.588. The van der Waals surface area contributed by atoms with Crippen molar-refractivity contribution in [3.8, 4) is 0 Å². The third-order valence-electron chi connectivity index (χ3n) is 4.26. The molecule has 1 saturated heterocycles. The quantitative estimate of drug-likeness (QED) is 0.832. The number of aromatic nitrogens is 1. The lowest BCUT2D eigenvalue weighted by Crippen LogP contribution is -2.43. The molecule has 0 N–H and O–H groups in total. The first-order chi connectivity index (χ1) is 11.8. The van der Waals surface area contributed by atoms with Crippen molar-refractivity contribution >= 4 is 11.8 Å². The van der Waals surface area contributed by atoms with E-state index in [1.165, 1.54) is 6.07 Å². The van der Waals surface area contributed by atoms with Crippen molar-refractivity contribution in [2.45, 2.75) is 38.8 Å². The molecule has 8 heteroatoms. The second-order valence-corrected chi connectivity index (χ2v) is 6.01. The van der Waals surface area contributed by atoms with Gasteiger partial charge in [0.2, 0.25) is 5.91 Å². The number of halogens is 3. The lowest BCUT2D eigenvalue weighted by molar-refractivity contribution is -0.141. The van der Waals surface area contributed by atoms with Gasteiger partial charge < -0.3 is 9.80 Å². The van der Waals surface area contributed by atoms with Gasteiger partial charge in [0, 0.05) is 25.8 Å². The molecule has 1 fully saturated rings. The van der Waals surface area contributed by atoms with Crippen molar-refractivity contribution in [2.75, 3.05) is 26.2 Å². The molecule has 5 nitrogen and oxygen atoms in total. The Morgan fingerprint density at radius 1 is 1.20 bits per heavy atom. The summed E-state index contributed by atoms with van der Waals surface area (Å²) in [6.07, 6.45) is 0.216. The SMILES string of the molecule is CCN(CC(=O)N1CCCCCC1)C(=O)c1cccnc1C(F)(F)F. The number of nitrogens with zero attached hydrogens (tertiary/aromatic N) is 3. The number of amides is 2. The summed E-state index contributed by atoms with van der Waals surface area (Å²) in [5.74, 6) is -1.05. The number of hydrogen-bond acceptors (Lipinski definition) is 3. The molecule has 1 aromatic heterocycles. The van der Waals surface area contributed by atoms with Crippen LogP contribution in [0, 0.1) is 0 Å². The highest BCUT2D eigenvalue weighted by Gasteiger charge is 2.38. The Kier molecular flexibility index (Phi) is 6.39. The number of likely N-dealkylation sites (N-methyl/N-ethyl adjacent to an activating group) is 1. The van der Waals surface area contributed by atoms with Crippen LogP contribution in [0.15, 0.2) is 18.3 Å². The van der Waals surface area contributed by atoms with Crippen LogP contribution in [0.5, 0.6) is 0 Å². The van der Waals surface area contributed by atoms with Gasteiger partial charge in [0.05, 0.1) is 5.56 Å². The van der Waals surface area contributed by atoms with Crippen LogP contribution in [-0.4, -0.2) is 52.8 Å². The van der Waals surface area contributed by atoms with E-state index in [2.05, 4.69) is 4.98 Å². The van der Waals surface area contributed by atoms with Gasteiger partial charge in [-0.15, -0.1) is 0 Å². The van der Waals surface area contributed by atoms with E-state index in [-0.39, 0.29) is 19.0 Å². The molecule has 2 amide bonds. The molecule has 2 rings (SSSR count). The van der Waals surface area contributed by atoms with Gasteiger partial charge >= 0.3 is 6.18 Å². The fourth-order valence-corrected chi connectivity index (χ4v) is 2.88. The first kappa shape index (κ1) is 19.2. The number of pyridine rings is 1. The monoisotopic (exact) mass is 357 g/mol. The van der Waals surface area contributed by atoms with Crippen LogP contribution in [-0.2, 0) is 11.0 Å². The molecule has 0 aromatic carbocycles. The maximum atomic E-state index is 13.1. The van der Waals surface area contributed by atoms with Crippen molar-refractivity contribution in [1.82, 2.24) is 14.8 Å². The summed E-state index contributed by atoms with van der Waals surface area (Å²) < 4.78 is 39.2. The highest BCUT2D eigenvalue weighted by atomic mass is 19.4. The molecule has 0 unspecified atom stereocenters. The van der Waals surface area contributed by atoms with E-state index in [9.17, 15) is 22.8 Å². The van der Waals surface area contributed by atoms with Crippen LogP contribution in [0.1, 0.15) is 48.7 Å². The normalized spacial score (nSPS) is 15.6. The molecule has 1 aliphatic heterocycles. The second kappa shape index (κ2) is 8.31. The van der Waals surface area contributed by atoms with Crippen LogP contribution >= 0.6 is 0 Å². The number of likely N-dealkylation sites (tertiary alicyclic amines) is 1. The predicted octanol–water partition coefficient (Wildman–Crippen LogP) is 2.97. The molecule has 0 aliphatic carbocycles. The van der Waals surface area contributed by atoms with E-state index in [0.717, 1.165) is 42.8 Å². The molecule has 25 heavy (non-hydrogen) atoms. The van der Waals surface area contributed by atoms with Gasteiger partial charge in [-0.2, -0.15) is 13.2 Å². The summed E-state index contributed by atoms with van der Waals surface area (Å²) in [6, 6.07) is 2.38. The average molecular weight is 357 g/mol. The van der Waals surface area contributed by atoms with E-state index in [1.54, 1.807) is 11.8 Å². The molecule has 0 bridgehead atoms. The van der Waals surface area contributed by atoms with Gasteiger partial charge in [0.15, 0.2) is 5.69 Å². The second-order valence-electron chi connectivity index (χ2n) is 6.01. The molecule has 0 spiro atoms. The Morgan fingerprint density at radius 3 is 2.40 bits per heavy atom. The van der Waals surface area contributed by atoms with Gasteiger partial charge in [0.1, 0.15) is 6.54 Å². The van der Waals surface area contributed by atoms with E-state index in [1.807, 2.05) is 0 Å². The molecule has 0 radical (unpaired) electrons. The number of hydrogen-bond donors (Lipinski definition) is 0. The zero-order valence-electron chi connectivity index (χ0n) is 14.2.